The molecule has 0 aliphatic heterocycles. The highest BCUT2D eigenvalue weighted by Gasteiger charge is 2.21. The van der Waals surface area contributed by atoms with E-state index in [4.69, 9.17) is 18.9 Å². The summed E-state index contributed by atoms with van der Waals surface area (Å²) >= 11 is 0. The standard InChI is InChI=1S/C23H29NO6/c1-15(2)12-13-29-20-11-10-17(14-21(20)28-5)23(26)30-16(3)22(25)24-18-8-6-7-9-19(18)27-4/h6-11,14-16H,12-13H2,1-5H3,(H,24,25). The fourth-order valence-corrected chi connectivity index (χ4v) is 2.58. The number of amides is 1. The van der Waals surface area contributed by atoms with Gasteiger partial charge >= 0.3 is 5.97 Å². The Balaban J connectivity index is 2.01. The maximum Gasteiger partial charge on any atom is 0.339 e. The third-order valence-corrected chi connectivity index (χ3v) is 4.37. The first-order valence-electron chi connectivity index (χ1n) is 9.81. The smallest absolute Gasteiger partial charge is 0.339 e. The molecule has 0 spiro atoms. The van der Waals surface area contributed by atoms with Crippen molar-refractivity contribution < 1.29 is 28.5 Å². The van der Waals surface area contributed by atoms with Gasteiger partial charge in [-0.05, 0) is 49.6 Å². The van der Waals surface area contributed by atoms with E-state index in [-0.39, 0.29) is 5.56 Å². The number of rotatable bonds is 10. The Hall–Kier alpha value is -3.22. The monoisotopic (exact) mass is 415 g/mol. The van der Waals surface area contributed by atoms with Crippen LogP contribution in [0.2, 0.25) is 0 Å². The second-order valence-electron chi connectivity index (χ2n) is 7.13. The number of anilines is 1. The Bertz CT molecular complexity index is 865. The summed E-state index contributed by atoms with van der Waals surface area (Å²) in [4.78, 5) is 24.9. The summed E-state index contributed by atoms with van der Waals surface area (Å²) in [6.45, 7) is 6.29. The van der Waals surface area contributed by atoms with Crippen LogP contribution in [0, 0.1) is 5.92 Å². The van der Waals surface area contributed by atoms with Crippen molar-refractivity contribution >= 4 is 17.6 Å². The summed E-state index contributed by atoms with van der Waals surface area (Å²) in [5, 5.41) is 2.70. The highest BCUT2D eigenvalue weighted by molar-refractivity contribution is 5.98. The van der Waals surface area contributed by atoms with Crippen molar-refractivity contribution in [2.24, 2.45) is 5.92 Å². The van der Waals surface area contributed by atoms with Gasteiger partial charge in [-0.2, -0.15) is 0 Å². The van der Waals surface area contributed by atoms with E-state index in [1.807, 2.05) is 0 Å². The number of methoxy groups -OCH3 is 2. The number of ether oxygens (including phenoxy) is 4. The molecule has 2 rings (SSSR count). The highest BCUT2D eigenvalue weighted by atomic mass is 16.5. The maximum atomic E-state index is 12.5. The van der Waals surface area contributed by atoms with Crippen LogP contribution in [0.1, 0.15) is 37.6 Å². The zero-order chi connectivity index (χ0) is 22.1. The van der Waals surface area contributed by atoms with Crippen LogP contribution >= 0.6 is 0 Å². The highest BCUT2D eigenvalue weighted by Crippen LogP contribution is 2.29. The Morgan fingerprint density at radius 1 is 0.933 bits per heavy atom. The van der Waals surface area contributed by atoms with Crippen LogP contribution in [-0.2, 0) is 9.53 Å². The number of carbonyl (C=O) groups excluding carboxylic acids is 2. The molecule has 0 saturated heterocycles. The number of para-hydroxylation sites is 2. The van der Waals surface area contributed by atoms with Crippen molar-refractivity contribution in [2.45, 2.75) is 33.3 Å². The molecule has 1 atom stereocenters. The lowest BCUT2D eigenvalue weighted by Crippen LogP contribution is -2.30. The first-order valence-corrected chi connectivity index (χ1v) is 9.81. The first-order chi connectivity index (χ1) is 14.3. The van der Waals surface area contributed by atoms with Crippen molar-refractivity contribution in [2.75, 3.05) is 26.1 Å². The van der Waals surface area contributed by atoms with E-state index in [9.17, 15) is 9.59 Å². The fourth-order valence-electron chi connectivity index (χ4n) is 2.58. The van der Waals surface area contributed by atoms with Gasteiger partial charge in [0.05, 0.1) is 32.1 Å². The minimum absolute atomic E-state index is 0.264. The van der Waals surface area contributed by atoms with Gasteiger partial charge in [0.25, 0.3) is 5.91 Å². The van der Waals surface area contributed by atoms with Gasteiger partial charge < -0.3 is 24.3 Å². The summed E-state index contributed by atoms with van der Waals surface area (Å²) < 4.78 is 21.6. The second-order valence-corrected chi connectivity index (χ2v) is 7.13. The first kappa shape index (κ1) is 23.1. The molecule has 0 saturated carbocycles. The fraction of sp³-hybridized carbons (Fsp3) is 0.391. The summed E-state index contributed by atoms with van der Waals surface area (Å²) in [6.07, 6.45) is -0.0958. The van der Waals surface area contributed by atoms with Crippen LogP contribution in [-0.4, -0.2) is 38.8 Å². The van der Waals surface area contributed by atoms with Crippen molar-refractivity contribution in [1.29, 1.82) is 0 Å². The molecule has 0 radical (unpaired) electrons. The average molecular weight is 415 g/mol. The molecule has 0 fully saturated rings. The van der Waals surface area contributed by atoms with E-state index >= 15 is 0 Å². The molecule has 7 heteroatoms. The molecule has 1 unspecified atom stereocenters. The number of carbonyl (C=O) groups is 2. The molecule has 0 aliphatic rings. The van der Waals surface area contributed by atoms with Gasteiger partial charge in [-0.1, -0.05) is 26.0 Å². The number of benzene rings is 2. The van der Waals surface area contributed by atoms with Gasteiger partial charge in [0.15, 0.2) is 17.6 Å². The van der Waals surface area contributed by atoms with Gasteiger partial charge in [-0.15, -0.1) is 0 Å². The third kappa shape index (κ3) is 6.40. The predicted octanol–water partition coefficient (Wildman–Crippen LogP) is 4.31. The summed E-state index contributed by atoms with van der Waals surface area (Å²) in [7, 11) is 3.01. The Morgan fingerprint density at radius 3 is 2.30 bits per heavy atom. The third-order valence-electron chi connectivity index (χ3n) is 4.37. The van der Waals surface area contributed by atoms with Gasteiger partial charge in [0.2, 0.25) is 0 Å². The molecular formula is C23H29NO6. The van der Waals surface area contributed by atoms with Gasteiger partial charge in [0.1, 0.15) is 5.75 Å². The quantitative estimate of drug-likeness (QED) is 0.582. The van der Waals surface area contributed by atoms with E-state index in [0.29, 0.717) is 35.5 Å². The van der Waals surface area contributed by atoms with Gasteiger partial charge in [-0.25, -0.2) is 4.79 Å². The molecule has 0 aliphatic carbocycles. The summed E-state index contributed by atoms with van der Waals surface area (Å²) in [5.74, 6) is 0.921. The molecule has 162 valence electrons. The van der Waals surface area contributed by atoms with Crippen LogP contribution in [0.25, 0.3) is 0 Å². The Labute approximate surface area is 177 Å². The molecule has 7 nitrogen and oxygen atoms in total. The average Bonchev–Trinajstić information content (AvgIpc) is 2.73. The summed E-state index contributed by atoms with van der Waals surface area (Å²) in [5.41, 5.74) is 0.762. The predicted molar refractivity (Wildman–Crippen MR) is 114 cm³/mol. The van der Waals surface area contributed by atoms with E-state index in [2.05, 4.69) is 19.2 Å². The van der Waals surface area contributed by atoms with Crippen LogP contribution in [0.3, 0.4) is 0 Å². The number of nitrogens with one attached hydrogen (secondary N) is 1. The topological polar surface area (TPSA) is 83.1 Å². The Kier molecular flexibility index (Phi) is 8.53. The number of hydrogen-bond donors (Lipinski definition) is 1. The maximum absolute atomic E-state index is 12.5. The lowest BCUT2D eigenvalue weighted by atomic mass is 10.1. The van der Waals surface area contributed by atoms with Crippen molar-refractivity contribution in [3.63, 3.8) is 0 Å². The SMILES string of the molecule is COc1ccccc1NC(=O)C(C)OC(=O)c1ccc(OCCC(C)C)c(OC)c1. The van der Waals surface area contributed by atoms with Gasteiger partial charge in [-0.3, -0.25) is 4.79 Å². The van der Waals surface area contributed by atoms with Crippen LogP contribution in [0.5, 0.6) is 17.2 Å². The van der Waals surface area contributed by atoms with E-state index < -0.39 is 18.0 Å². The minimum atomic E-state index is -1.00. The molecule has 0 aromatic heterocycles. The molecular weight excluding hydrogens is 386 g/mol. The summed E-state index contributed by atoms with van der Waals surface area (Å²) in [6, 6.07) is 11.8. The lowest BCUT2D eigenvalue weighted by Gasteiger charge is -2.16. The number of hydrogen-bond acceptors (Lipinski definition) is 6. The molecule has 0 heterocycles. The largest absolute Gasteiger partial charge is 0.495 e. The van der Waals surface area contributed by atoms with E-state index in [1.54, 1.807) is 36.4 Å². The molecule has 30 heavy (non-hydrogen) atoms. The van der Waals surface area contributed by atoms with Crippen molar-refractivity contribution in [1.82, 2.24) is 0 Å². The van der Waals surface area contributed by atoms with Crippen LogP contribution < -0.4 is 19.5 Å². The van der Waals surface area contributed by atoms with E-state index in [0.717, 1.165) is 6.42 Å². The zero-order valence-corrected chi connectivity index (χ0v) is 18.1. The Morgan fingerprint density at radius 2 is 1.63 bits per heavy atom. The molecule has 1 N–H and O–H groups in total. The molecule has 1 amide bonds. The molecule has 2 aromatic carbocycles. The van der Waals surface area contributed by atoms with Crippen molar-refractivity contribution in [3.8, 4) is 17.2 Å². The van der Waals surface area contributed by atoms with Crippen LogP contribution in [0.4, 0.5) is 5.69 Å². The normalized spacial score (nSPS) is 11.5. The number of esters is 1. The second kappa shape index (κ2) is 11.1. The van der Waals surface area contributed by atoms with Gasteiger partial charge in [0, 0.05) is 0 Å². The van der Waals surface area contributed by atoms with Crippen molar-refractivity contribution in [3.05, 3.63) is 48.0 Å². The minimum Gasteiger partial charge on any atom is -0.495 e. The van der Waals surface area contributed by atoms with Crippen LogP contribution in [0.15, 0.2) is 42.5 Å². The van der Waals surface area contributed by atoms with E-state index in [1.165, 1.54) is 27.2 Å². The molecule has 2 aromatic rings. The molecule has 0 bridgehead atoms. The lowest BCUT2D eigenvalue weighted by molar-refractivity contribution is -0.123. The zero-order valence-electron chi connectivity index (χ0n) is 18.1.